The van der Waals surface area contributed by atoms with E-state index >= 15 is 0 Å². The highest BCUT2D eigenvalue weighted by Crippen LogP contribution is 2.43. The van der Waals surface area contributed by atoms with E-state index in [1.165, 1.54) is 17.6 Å². The molecular weight excluding hydrogens is 572 g/mol. The molecule has 1 aliphatic carbocycles. The molecule has 228 valence electrons. The number of halogens is 1. The van der Waals surface area contributed by atoms with Crippen molar-refractivity contribution in [2.75, 3.05) is 62.2 Å². The van der Waals surface area contributed by atoms with Crippen LogP contribution in [0.5, 0.6) is 5.88 Å². The molecule has 2 N–H and O–H groups in total. The predicted molar refractivity (Wildman–Crippen MR) is 176 cm³/mol. The number of carbonyl (C=O) groups is 1. The fraction of sp³-hybridized carbons (Fsp3) is 0.400. The number of allylic oxidation sites excluding steroid dienone is 1. The van der Waals surface area contributed by atoms with Gasteiger partial charge in [-0.1, -0.05) is 49.2 Å². The fourth-order valence-electron chi connectivity index (χ4n) is 6.95. The number of hydrogen-bond acceptors (Lipinski definition) is 7. The molecule has 2 aromatic carbocycles. The van der Waals surface area contributed by atoms with Gasteiger partial charge >= 0.3 is 0 Å². The topological polar surface area (TPSA) is 87.3 Å². The molecule has 1 amide bonds. The van der Waals surface area contributed by atoms with Crippen molar-refractivity contribution in [3.05, 3.63) is 81.0 Å². The Labute approximate surface area is 263 Å². The van der Waals surface area contributed by atoms with E-state index in [1.54, 1.807) is 5.57 Å². The number of primary amides is 1. The molecule has 4 aliphatic rings. The number of ether oxygens (including phenoxy) is 1. The molecule has 0 atom stereocenters. The summed E-state index contributed by atoms with van der Waals surface area (Å²) >= 11 is 6.22. The zero-order valence-corrected chi connectivity index (χ0v) is 26.2. The first kappa shape index (κ1) is 28.9. The molecule has 0 unspecified atom stereocenters. The van der Waals surface area contributed by atoms with Crippen LogP contribution in [0.15, 0.2) is 59.1 Å². The van der Waals surface area contributed by atoms with Crippen molar-refractivity contribution < 1.29 is 9.53 Å². The Kier molecular flexibility index (Phi) is 7.58. The maximum Gasteiger partial charge on any atom is 0.250 e. The summed E-state index contributed by atoms with van der Waals surface area (Å²) in [5.41, 5.74) is 14.5. The molecule has 0 radical (unpaired) electrons. The summed E-state index contributed by atoms with van der Waals surface area (Å²) in [7, 11) is 0. The lowest BCUT2D eigenvalue weighted by atomic mass is 9.72. The number of fused-ring (bicyclic) bond motifs is 2. The molecule has 0 bridgehead atoms. The van der Waals surface area contributed by atoms with E-state index < -0.39 is 5.91 Å². The van der Waals surface area contributed by atoms with E-state index in [0.717, 1.165) is 72.9 Å². The number of rotatable bonds is 6. The molecule has 1 aromatic heterocycles. The van der Waals surface area contributed by atoms with Crippen LogP contribution in [-0.2, 0) is 0 Å². The third-order valence-electron chi connectivity index (χ3n) is 9.44. The Balaban J connectivity index is 1.11. The van der Waals surface area contributed by atoms with Gasteiger partial charge in [0, 0.05) is 48.7 Å². The predicted octanol–water partition coefficient (Wildman–Crippen LogP) is 4.56. The first-order valence-corrected chi connectivity index (χ1v) is 16.0. The lowest BCUT2D eigenvalue weighted by Gasteiger charge is -2.39. The summed E-state index contributed by atoms with van der Waals surface area (Å²) in [6, 6.07) is 16.4. The summed E-state index contributed by atoms with van der Waals surface area (Å²) in [6.45, 7) is 11.2. The second kappa shape index (κ2) is 11.6. The highest BCUT2D eigenvalue weighted by Gasteiger charge is 2.30. The number of anilines is 3. The molecule has 0 spiro atoms. The van der Waals surface area contributed by atoms with Crippen LogP contribution in [0.25, 0.3) is 11.6 Å². The molecule has 4 heterocycles. The smallest absolute Gasteiger partial charge is 0.250 e. The van der Waals surface area contributed by atoms with Gasteiger partial charge in [0.25, 0.3) is 5.91 Å². The molecule has 3 aliphatic heterocycles. The Morgan fingerprint density at radius 3 is 2.59 bits per heavy atom. The van der Waals surface area contributed by atoms with E-state index in [1.807, 2.05) is 24.3 Å². The Morgan fingerprint density at radius 2 is 1.82 bits per heavy atom. The summed E-state index contributed by atoms with van der Waals surface area (Å²) in [6.07, 6.45) is 5.50. The summed E-state index contributed by atoms with van der Waals surface area (Å²) in [4.78, 5) is 28.8. The van der Waals surface area contributed by atoms with Crippen LogP contribution < -0.4 is 31.0 Å². The quantitative estimate of drug-likeness (QED) is 0.440. The van der Waals surface area contributed by atoms with Gasteiger partial charge in [0.1, 0.15) is 12.3 Å². The van der Waals surface area contributed by atoms with Crippen molar-refractivity contribution in [3.8, 4) is 5.88 Å². The second-order valence-electron chi connectivity index (χ2n) is 13.0. The molecule has 0 saturated carbocycles. The number of piperazine rings is 1. The minimum absolute atomic E-state index is 0.302. The molecule has 3 aromatic rings. The maximum absolute atomic E-state index is 12.6. The summed E-state index contributed by atoms with van der Waals surface area (Å²) in [5, 5.41) is 1.77. The van der Waals surface area contributed by atoms with Gasteiger partial charge in [-0.3, -0.25) is 14.7 Å². The SMILES string of the molecule is CC1(C)CCC(CN2CCN(c3ccc(C(N)=O)c(N4CCOc5nc6c(cc54)=CCN=6)c3)CC2)=C(c2ccc(Cl)cc2)C1. The van der Waals surface area contributed by atoms with E-state index in [4.69, 9.17) is 22.1 Å². The fourth-order valence-corrected chi connectivity index (χ4v) is 7.08. The average molecular weight is 611 g/mol. The van der Waals surface area contributed by atoms with E-state index in [9.17, 15) is 4.79 Å². The summed E-state index contributed by atoms with van der Waals surface area (Å²) < 4.78 is 5.91. The van der Waals surface area contributed by atoms with Crippen molar-refractivity contribution in [2.45, 2.75) is 33.1 Å². The number of benzene rings is 2. The third-order valence-corrected chi connectivity index (χ3v) is 9.69. The Bertz CT molecular complexity index is 1760. The minimum atomic E-state index is -0.444. The summed E-state index contributed by atoms with van der Waals surface area (Å²) in [5.74, 6) is 0.0994. The van der Waals surface area contributed by atoms with Crippen LogP contribution >= 0.6 is 11.6 Å². The maximum atomic E-state index is 12.6. The number of carbonyl (C=O) groups excluding carboxylic acids is 1. The molecular formula is C35H39ClN6O2. The second-order valence-corrected chi connectivity index (χ2v) is 13.5. The van der Waals surface area contributed by atoms with Crippen molar-refractivity contribution in [1.29, 1.82) is 0 Å². The van der Waals surface area contributed by atoms with Gasteiger partial charge in [0.15, 0.2) is 5.49 Å². The number of amides is 1. The van der Waals surface area contributed by atoms with Crippen LogP contribution in [0.1, 0.15) is 49.0 Å². The lowest BCUT2D eigenvalue weighted by molar-refractivity contribution is 0.100. The van der Waals surface area contributed by atoms with Crippen LogP contribution in [0.3, 0.4) is 0 Å². The Hall–Kier alpha value is -3.88. The van der Waals surface area contributed by atoms with Gasteiger partial charge < -0.3 is 20.3 Å². The first-order valence-electron chi connectivity index (χ1n) is 15.6. The monoisotopic (exact) mass is 610 g/mol. The highest BCUT2D eigenvalue weighted by molar-refractivity contribution is 6.30. The zero-order chi connectivity index (χ0) is 30.4. The molecule has 8 nitrogen and oxygen atoms in total. The Morgan fingerprint density at radius 1 is 1.02 bits per heavy atom. The average Bonchev–Trinajstić information content (AvgIpc) is 3.48. The number of pyridine rings is 1. The van der Waals surface area contributed by atoms with Crippen LogP contribution in [-0.4, -0.2) is 68.2 Å². The van der Waals surface area contributed by atoms with Gasteiger partial charge in [-0.2, -0.15) is 4.98 Å². The van der Waals surface area contributed by atoms with Gasteiger partial charge in [-0.15, -0.1) is 0 Å². The largest absolute Gasteiger partial charge is 0.474 e. The van der Waals surface area contributed by atoms with E-state index in [-0.39, 0.29) is 0 Å². The number of nitrogens with two attached hydrogens (primary N) is 1. The van der Waals surface area contributed by atoms with E-state index in [2.05, 4.69) is 68.9 Å². The molecule has 44 heavy (non-hydrogen) atoms. The highest BCUT2D eigenvalue weighted by atomic mass is 35.5. The zero-order valence-electron chi connectivity index (χ0n) is 25.5. The molecule has 1 fully saturated rings. The molecule has 1 saturated heterocycles. The van der Waals surface area contributed by atoms with Gasteiger partial charge in [-0.05, 0) is 72.2 Å². The van der Waals surface area contributed by atoms with Crippen molar-refractivity contribution in [1.82, 2.24) is 9.88 Å². The number of nitrogens with zero attached hydrogens (tertiary/aromatic N) is 5. The van der Waals surface area contributed by atoms with Crippen molar-refractivity contribution in [3.63, 3.8) is 0 Å². The standard InChI is InChI=1S/C35H39ClN6O2/c1-35(2)11-9-25(29(21-35)23-3-5-26(36)6-4-23)22-40-13-15-41(16-14-40)27-7-8-28(32(37)43)30(20-27)42-17-18-44-34-31(42)19-24-10-12-38-33(24)39-34/h3-8,10,19-20H,9,11-18,21-22H2,1-2H3,(H2,37,43). The normalized spacial score (nSPS) is 19.5. The van der Waals surface area contributed by atoms with Crippen LogP contribution in [0, 0.1) is 5.41 Å². The number of aromatic nitrogens is 1. The van der Waals surface area contributed by atoms with Crippen molar-refractivity contribution >= 4 is 46.2 Å². The third kappa shape index (κ3) is 5.69. The van der Waals surface area contributed by atoms with Gasteiger partial charge in [-0.25, -0.2) is 0 Å². The minimum Gasteiger partial charge on any atom is -0.474 e. The van der Waals surface area contributed by atoms with Crippen LogP contribution in [0.4, 0.5) is 17.1 Å². The molecule has 7 rings (SSSR count). The first-order chi connectivity index (χ1) is 21.2. The number of hydrogen-bond donors (Lipinski definition) is 1. The van der Waals surface area contributed by atoms with Crippen LogP contribution in [0.2, 0.25) is 5.02 Å². The van der Waals surface area contributed by atoms with E-state index in [0.29, 0.717) is 42.0 Å². The molecule has 9 heteroatoms. The van der Waals surface area contributed by atoms with Crippen molar-refractivity contribution in [2.24, 2.45) is 16.1 Å². The lowest BCUT2D eigenvalue weighted by Crippen LogP contribution is -2.47. The van der Waals surface area contributed by atoms with Gasteiger partial charge in [0.2, 0.25) is 5.88 Å². The van der Waals surface area contributed by atoms with Gasteiger partial charge in [0.05, 0.1) is 24.3 Å².